The molecule has 0 saturated heterocycles. The lowest BCUT2D eigenvalue weighted by atomic mass is 9.68. The molecule has 1 aliphatic carbocycles. The highest BCUT2D eigenvalue weighted by Crippen LogP contribution is 2.57. The Labute approximate surface area is 193 Å². The van der Waals surface area contributed by atoms with Crippen LogP contribution in [0.25, 0.3) is 38.6 Å². The lowest BCUT2D eigenvalue weighted by Crippen LogP contribution is -2.31. The van der Waals surface area contributed by atoms with Gasteiger partial charge in [-0.1, -0.05) is 87.8 Å². The Hall–Kier alpha value is -3.03. The molecular formula is C30H24ClN. The first-order valence-corrected chi connectivity index (χ1v) is 11.7. The van der Waals surface area contributed by atoms with E-state index in [4.69, 9.17) is 11.6 Å². The third-order valence-corrected chi connectivity index (χ3v) is 8.22. The molecule has 2 aliphatic rings. The van der Waals surface area contributed by atoms with E-state index < -0.39 is 0 Å². The summed E-state index contributed by atoms with van der Waals surface area (Å²) in [6.07, 6.45) is 0. The van der Waals surface area contributed by atoms with Gasteiger partial charge in [0, 0.05) is 26.6 Å². The monoisotopic (exact) mass is 433 g/mol. The van der Waals surface area contributed by atoms with Crippen molar-refractivity contribution in [1.82, 2.24) is 4.57 Å². The van der Waals surface area contributed by atoms with E-state index in [0.29, 0.717) is 0 Å². The van der Waals surface area contributed by atoms with Gasteiger partial charge in [0.15, 0.2) is 0 Å². The topological polar surface area (TPSA) is 4.93 Å². The maximum absolute atomic E-state index is 6.46. The van der Waals surface area contributed by atoms with Crippen LogP contribution in [-0.2, 0) is 10.8 Å². The standard InChI is InChI=1S/C30H24ClN/c1-29(2)22-10-7-9-21-19-8-5-6-11-24(19)32(28(21)22)25-15-14-20-18-13-12-17(31)16-23(18)30(3,4)26(20)27(25)29/h5-16H,1-4H3. The minimum absolute atomic E-state index is 0.117. The van der Waals surface area contributed by atoms with Crippen LogP contribution in [0.4, 0.5) is 0 Å². The van der Waals surface area contributed by atoms with Crippen molar-refractivity contribution in [2.75, 3.05) is 0 Å². The minimum Gasteiger partial charge on any atom is -0.309 e. The third kappa shape index (κ3) is 1.97. The molecule has 156 valence electrons. The van der Waals surface area contributed by atoms with Gasteiger partial charge in [0.1, 0.15) is 0 Å². The van der Waals surface area contributed by atoms with E-state index in [1.165, 1.54) is 60.9 Å². The van der Waals surface area contributed by atoms with Crippen molar-refractivity contribution in [2.45, 2.75) is 38.5 Å². The van der Waals surface area contributed by atoms with Crippen LogP contribution in [0.2, 0.25) is 5.02 Å². The highest BCUT2D eigenvalue weighted by molar-refractivity contribution is 6.30. The lowest BCUT2D eigenvalue weighted by molar-refractivity contribution is 0.582. The number of para-hydroxylation sites is 2. The van der Waals surface area contributed by atoms with Gasteiger partial charge in [0.2, 0.25) is 0 Å². The highest BCUT2D eigenvalue weighted by atomic mass is 35.5. The molecule has 0 radical (unpaired) electrons. The van der Waals surface area contributed by atoms with Crippen molar-refractivity contribution >= 4 is 33.4 Å². The molecular weight excluding hydrogens is 410 g/mol. The highest BCUT2D eigenvalue weighted by Gasteiger charge is 2.45. The molecule has 0 atom stereocenters. The van der Waals surface area contributed by atoms with Crippen molar-refractivity contribution in [2.24, 2.45) is 0 Å². The van der Waals surface area contributed by atoms with Crippen LogP contribution in [0.1, 0.15) is 49.9 Å². The van der Waals surface area contributed by atoms with E-state index in [-0.39, 0.29) is 10.8 Å². The van der Waals surface area contributed by atoms with Gasteiger partial charge < -0.3 is 4.57 Å². The molecule has 0 N–H and O–H groups in total. The summed E-state index contributed by atoms with van der Waals surface area (Å²) in [5.74, 6) is 0. The minimum atomic E-state index is -0.119. The van der Waals surface area contributed by atoms with Gasteiger partial charge in [-0.05, 0) is 57.6 Å². The number of benzene rings is 4. The van der Waals surface area contributed by atoms with Gasteiger partial charge in [-0.2, -0.15) is 0 Å². The SMILES string of the molecule is CC1(C)c2cc(Cl)ccc2-c2ccc3c(c21)C(C)(C)c1cccc2c4ccccc4n-3c12. The largest absolute Gasteiger partial charge is 0.309 e. The second-order valence-corrected chi connectivity index (χ2v) is 10.8. The number of rotatable bonds is 0. The predicted molar refractivity (Wildman–Crippen MR) is 135 cm³/mol. The molecule has 0 amide bonds. The van der Waals surface area contributed by atoms with Crippen LogP contribution >= 0.6 is 11.6 Å². The maximum atomic E-state index is 6.46. The molecule has 1 aliphatic heterocycles. The van der Waals surface area contributed by atoms with E-state index in [1.54, 1.807) is 0 Å². The molecule has 32 heavy (non-hydrogen) atoms. The Morgan fingerprint density at radius 1 is 0.656 bits per heavy atom. The number of nitrogens with zero attached hydrogens (tertiary/aromatic N) is 1. The van der Waals surface area contributed by atoms with Crippen molar-refractivity contribution < 1.29 is 0 Å². The molecule has 5 aromatic rings. The fraction of sp³-hybridized carbons (Fsp3) is 0.200. The molecule has 0 saturated carbocycles. The first-order chi connectivity index (χ1) is 15.3. The molecule has 1 nitrogen and oxygen atoms in total. The van der Waals surface area contributed by atoms with Crippen molar-refractivity contribution in [3.8, 4) is 16.8 Å². The Morgan fingerprint density at radius 3 is 2.22 bits per heavy atom. The number of halogens is 1. The van der Waals surface area contributed by atoms with Gasteiger partial charge in [-0.25, -0.2) is 0 Å². The van der Waals surface area contributed by atoms with E-state index in [9.17, 15) is 0 Å². The van der Waals surface area contributed by atoms with Crippen LogP contribution < -0.4 is 0 Å². The van der Waals surface area contributed by atoms with Crippen molar-refractivity contribution in [3.63, 3.8) is 0 Å². The summed E-state index contributed by atoms with van der Waals surface area (Å²) in [5.41, 5.74) is 12.0. The quantitative estimate of drug-likeness (QED) is 0.231. The van der Waals surface area contributed by atoms with Crippen LogP contribution in [0.5, 0.6) is 0 Å². The molecule has 7 rings (SSSR count). The van der Waals surface area contributed by atoms with Gasteiger partial charge >= 0.3 is 0 Å². The zero-order valence-electron chi connectivity index (χ0n) is 18.8. The fourth-order valence-corrected chi connectivity index (χ4v) is 6.77. The third-order valence-electron chi connectivity index (χ3n) is 7.99. The molecule has 4 aromatic carbocycles. The zero-order chi connectivity index (χ0) is 22.0. The molecule has 0 unspecified atom stereocenters. The van der Waals surface area contributed by atoms with Gasteiger partial charge in [-0.15, -0.1) is 0 Å². The Balaban J connectivity index is 1.70. The first kappa shape index (κ1) is 18.5. The summed E-state index contributed by atoms with van der Waals surface area (Å²) >= 11 is 6.46. The molecule has 1 aromatic heterocycles. The maximum Gasteiger partial charge on any atom is 0.0582 e. The Morgan fingerprint density at radius 2 is 1.38 bits per heavy atom. The summed E-state index contributed by atoms with van der Waals surface area (Å²) in [7, 11) is 0. The fourth-order valence-electron chi connectivity index (χ4n) is 6.60. The van der Waals surface area contributed by atoms with Gasteiger partial charge in [-0.3, -0.25) is 0 Å². The van der Waals surface area contributed by atoms with Crippen LogP contribution in [0, 0.1) is 0 Å². The zero-order valence-corrected chi connectivity index (χ0v) is 19.5. The van der Waals surface area contributed by atoms with E-state index >= 15 is 0 Å². The Kier molecular flexibility index (Phi) is 3.28. The van der Waals surface area contributed by atoms with Crippen molar-refractivity contribution in [1.29, 1.82) is 0 Å². The molecule has 0 spiro atoms. The molecule has 2 heterocycles. The predicted octanol–water partition coefficient (Wildman–Crippen LogP) is 8.38. The van der Waals surface area contributed by atoms with E-state index in [1.807, 2.05) is 6.07 Å². The molecule has 2 heteroatoms. The van der Waals surface area contributed by atoms with Crippen molar-refractivity contribution in [3.05, 3.63) is 100 Å². The summed E-state index contributed by atoms with van der Waals surface area (Å²) < 4.78 is 2.51. The van der Waals surface area contributed by atoms with Gasteiger partial charge in [0.25, 0.3) is 0 Å². The summed E-state index contributed by atoms with van der Waals surface area (Å²) in [4.78, 5) is 0. The molecule has 0 bridgehead atoms. The number of aromatic nitrogens is 1. The number of hydrogen-bond donors (Lipinski definition) is 0. The first-order valence-electron chi connectivity index (χ1n) is 11.3. The Bertz CT molecular complexity index is 1630. The lowest BCUT2D eigenvalue weighted by Gasteiger charge is -2.39. The molecule has 0 fully saturated rings. The second kappa shape index (κ2) is 5.66. The normalized spacial score (nSPS) is 16.8. The second-order valence-electron chi connectivity index (χ2n) is 10.4. The smallest absolute Gasteiger partial charge is 0.0582 e. The van der Waals surface area contributed by atoms with Crippen LogP contribution in [-0.4, -0.2) is 4.57 Å². The summed E-state index contributed by atoms with van der Waals surface area (Å²) in [5, 5.41) is 3.47. The summed E-state index contributed by atoms with van der Waals surface area (Å²) in [6.45, 7) is 9.50. The number of hydrogen-bond acceptors (Lipinski definition) is 0. The van der Waals surface area contributed by atoms with E-state index in [0.717, 1.165) is 5.02 Å². The van der Waals surface area contributed by atoms with Gasteiger partial charge in [0.05, 0.1) is 16.7 Å². The number of fused-ring (bicyclic) bond motifs is 9. The average Bonchev–Trinajstić information content (AvgIpc) is 3.22. The van der Waals surface area contributed by atoms with E-state index in [2.05, 4.69) is 99.0 Å². The van der Waals surface area contributed by atoms with Crippen LogP contribution in [0.15, 0.2) is 72.8 Å². The van der Waals surface area contributed by atoms with Crippen LogP contribution in [0.3, 0.4) is 0 Å². The summed E-state index contributed by atoms with van der Waals surface area (Å²) in [6, 6.07) is 26.7. The average molecular weight is 434 g/mol.